The Hall–Kier alpha value is -7.99. The topological polar surface area (TPSA) is 43.6 Å². The molecule has 0 amide bonds. The summed E-state index contributed by atoms with van der Waals surface area (Å²) in [6.45, 7) is 0. The SMILES string of the molecule is c1ccc(-c2nc(-c3cccc(-c4ccc5sc6ccccc6c5c4)c3)nc(-c3ccc(-c4ccccc4)c(-n4c5ccccc5c5cccc(-c6ccccc6)c54)c3)n2)cc1. The zero-order chi connectivity index (χ0) is 41.0. The number of fused-ring (bicyclic) bond motifs is 6. The molecule has 9 aromatic carbocycles. The van der Waals surface area contributed by atoms with Gasteiger partial charge >= 0.3 is 0 Å². The van der Waals surface area contributed by atoms with E-state index >= 15 is 0 Å². The van der Waals surface area contributed by atoms with E-state index < -0.39 is 0 Å². The molecular weight excluding hydrogens is 773 g/mol. The quantitative estimate of drug-likeness (QED) is 0.161. The Labute approximate surface area is 362 Å². The average molecular weight is 809 g/mol. The van der Waals surface area contributed by atoms with E-state index in [-0.39, 0.29) is 0 Å². The number of benzene rings is 9. The molecule has 0 spiro atoms. The number of para-hydroxylation sites is 2. The van der Waals surface area contributed by atoms with Crippen LogP contribution in [0, 0.1) is 0 Å². The Morgan fingerprint density at radius 3 is 1.58 bits per heavy atom. The number of nitrogens with zero attached hydrogens (tertiary/aromatic N) is 4. The fraction of sp³-hybridized carbons (Fsp3) is 0. The minimum atomic E-state index is 0.607. The first-order valence-corrected chi connectivity index (χ1v) is 21.7. The normalized spacial score (nSPS) is 11.5. The maximum atomic E-state index is 5.30. The lowest BCUT2D eigenvalue weighted by molar-refractivity contribution is 1.07. The zero-order valence-electron chi connectivity index (χ0n) is 33.5. The molecule has 0 atom stereocenters. The van der Waals surface area contributed by atoms with E-state index in [0.29, 0.717) is 17.5 Å². The van der Waals surface area contributed by atoms with Crippen molar-refractivity contribution in [2.75, 3.05) is 0 Å². The lowest BCUT2D eigenvalue weighted by atomic mass is 9.99. The minimum Gasteiger partial charge on any atom is -0.308 e. The molecule has 0 unspecified atom stereocenters. The van der Waals surface area contributed by atoms with Crippen molar-refractivity contribution in [3.63, 3.8) is 0 Å². The maximum absolute atomic E-state index is 5.30. The van der Waals surface area contributed by atoms with Gasteiger partial charge in [0.05, 0.1) is 16.7 Å². The molecule has 0 fully saturated rings. The van der Waals surface area contributed by atoms with E-state index in [9.17, 15) is 0 Å². The van der Waals surface area contributed by atoms with Crippen LogP contribution in [0.25, 0.3) is 115 Å². The summed E-state index contributed by atoms with van der Waals surface area (Å²) in [5, 5.41) is 4.96. The van der Waals surface area contributed by atoms with E-state index in [0.717, 1.165) is 55.7 Å². The molecule has 62 heavy (non-hydrogen) atoms. The molecule has 5 heteroatoms. The summed E-state index contributed by atoms with van der Waals surface area (Å²) in [6, 6.07) is 77.6. The molecule has 4 nitrogen and oxygen atoms in total. The monoisotopic (exact) mass is 808 g/mol. The highest BCUT2D eigenvalue weighted by atomic mass is 32.1. The lowest BCUT2D eigenvalue weighted by Crippen LogP contribution is -2.02. The van der Waals surface area contributed by atoms with Crippen LogP contribution >= 0.6 is 11.3 Å². The molecule has 0 saturated carbocycles. The van der Waals surface area contributed by atoms with Gasteiger partial charge in [0, 0.05) is 58.8 Å². The van der Waals surface area contributed by atoms with E-state index in [1.54, 1.807) is 0 Å². The van der Waals surface area contributed by atoms with Crippen LogP contribution in [0.5, 0.6) is 0 Å². The molecule has 0 bridgehead atoms. The van der Waals surface area contributed by atoms with Gasteiger partial charge in [-0.25, -0.2) is 15.0 Å². The Morgan fingerprint density at radius 2 is 0.823 bits per heavy atom. The van der Waals surface area contributed by atoms with Crippen LogP contribution in [0.1, 0.15) is 0 Å². The van der Waals surface area contributed by atoms with E-state index in [2.05, 4.69) is 205 Å². The Morgan fingerprint density at radius 1 is 0.306 bits per heavy atom. The molecular formula is C57H36N4S. The van der Waals surface area contributed by atoms with Crippen molar-refractivity contribution in [2.45, 2.75) is 0 Å². The minimum absolute atomic E-state index is 0.607. The lowest BCUT2D eigenvalue weighted by Gasteiger charge is -2.18. The molecule has 290 valence electrons. The second kappa shape index (κ2) is 14.9. The van der Waals surface area contributed by atoms with Gasteiger partial charge < -0.3 is 4.57 Å². The van der Waals surface area contributed by atoms with Crippen LogP contribution in [0.15, 0.2) is 218 Å². The summed E-state index contributed by atoms with van der Waals surface area (Å²) in [5.74, 6) is 1.85. The summed E-state index contributed by atoms with van der Waals surface area (Å²) < 4.78 is 5.03. The van der Waals surface area contributed by atoms with Crippen LogP contribution < -0.4 is 0 Å². The van der Waals surface area contributed by atoms with Crippen molar-refractivity contribution in [3.8, 4) is 73.2 Å². The van der Waals surface area contributed by atoms with E-state index in [4.69, 9.17) is 15.0 Å². The molecule has 0 aliphatic heterocycles. The third-order valence-electron chi connectivity index (χ3n) is 11.9. The van der Waals surface area contributed by atoms with Gasteiger partial charge in [-0.05, 0) is 58.7 Å². The van der Waals surface area contributed by atoms with Gasteiger partial charge in [-0.1, -0.05) is 182 Å². The maximum Gasteiger partial charge on any atom is 0.164 e. The third kappa shape index (κ3) is 6.18. The second-order valence-corrected chi connectivity index (χ2v) is 16.7. The Balaban J connectivity index is 1.07. The van der Waals surface area contributed by atoms with Gasteiger partial charge in [0.1, 0.15) is 0 Å². The summed E-state index contributed by atoms with van der Waals surface area (Å²) in [5.41, 5.74) is 12.9. The first-order valence-electron chi connectivity index (χ1n) is 20.8. The molecule has 0 N–H and O–H groups in total. The van der Waals surface area contributed by atoms with Gasteiger partial charge in [0.2, 0.25) is 0 Å². The molecule has 0 aliphatic carbocycles. The predicted molar refractivity (Wildman–Crippen MR) is 260 cm³/mol. The first kappa shape index (κ1) is 35.9. The molecule has 12 rings (SSSR count). The van der Waals surface area contributed by atoms with Crippen molar-refractivity contribution in [3.05, 3.63) is 218 Å². The Bertz CT molecular complexity index is 3630. The number of rotatable bonds is 7. The van der Waals surface area contributed by atoms with Crippen LogP contribution in [0.2, 0.25) is 0 Å². The molecule has 3 heterocycles. The number of hydrogen-bond donors (Lipinski definition) is 0. The number of aromatic nitrogens is 4. The fourth-order valence-electron chi connectivity index (χ4n) is 8.93. The fourth-order valence-corrected chi connectivity index (χ4v) is 10.0. The molecule has 0 aliphatic rings. The molecule has 3 aromatic heterocycles. The highest BCUT2D eigenvalue weighted by Crippen LogP contribution is 2.42. The summed E-state index contributed by atoms with van der Waals surface area (Å²) in [4.78, 5) is 15.7. The van der Waals surface area contributed by atoms with Gasteiger partial charge in [-0.15, -0.1) is 11.3 Å². The number of thiophene rings is 1. The highest BCUT2D eigenvalue weighted by molar-refractivity contribution is 7.25. The number of hydrogen-bond acceptors (Lipinski definition) is 4. The largest absolute Gasteiger partial charge is 0.308 e. The van der Waals surface area contributed by atoms with Crippen LogP contribution in [-0.2, 0) is 0 Å². The molecule has 0 radical (unpaired) electrons. The average Bonchev–Trinajstić information content (AvgIpc) is 3.90. The van der Waals surface area contributed by atoms with E-state index in [1.807, 2.05) is 29.5 Å². The smallest absolute Gasteiger partial charge is 0.164 e. The molecule has 0 saturated heterocycles. The standard InChI is InChI=1S/C57H36N4S/c1-4-16-37(17-5-1)44-32-30-43(36-51(44)61-50-28-12-10-24-46(50)48-27-15-26-45(54(48)61)38-18-6-2-7-19-38)57-59-55(39-20-8-3-9-21-39)58-56(60-57)42-23-14-22-40(34-42)41-31-33-53-49(35-41)47-25-11-13-29-52(47)62-53/h1-36H. The van der Waals surface area contributed by atoms with E-state index in [1.165, 1.54) is 42.1 Å². The summed E-state index contributed by atoms with van der Waals surface area (Å²) >= 11 is 1.84. The summed E-state index contributed by atoms with van der Waals surface area (Å²) in [6.07, 6.45) is 0. The van der Waals surface area contributed by atoms with Gasteiger partial charge in [-0.3, -0.25) is 0 Å². The van der Waals surface area contributed by atoms with Gasteiger partial charge in [0.25, 0.3) is 0 Å². The van der Waals surface area contributed by atoms with Crippen molar-refractivity contribution in [2.24, 2.45) is 0 Å². The van der Waals surface area contributed by atoms with Gasteiger partial charge in [0.15, 0.2) is 17.5 Å². The molecule has 12 aromatic rings. The van der Waals surface area contributed by atoms with Crippen molar-refractivity contribution in [1.29, 1.82) is 0 Å². The van der Waals surface area contributed by atoms with Crippen molar-refractivity contribution in [1.82, 2.24) is 19.5 Å². The second-order valence-electron chi connectivity index (χ2n) is 15.6. The zero-order valence-corrected chi connectivity index (χ0v) is 34.3. The highest BCUT2D eigenvalue weighted by Gasteiger charge is 2.21. The predicted octanol–water partition coefficient (Wildman–Crippen LogP) is 15.3. The van der Waals surface area contributed by atoms with Gasteiger partial charge in [-0.2, -0.15) is 0 Å². The summed E-state index contributed by atoms with van der Waals surface area (Å²) in [7, 11) is 0. The first-order chi connectivity index (χ1) is 30.7. The van der Waals surface area contributed by atoms with Crippen LogP contribution in [-0.4, -0.2) is 19.5 Å². The third-order valence-corrected chi connectivity index (χ3v) is 13.0. The van der Waals surface area contributed by atoms with Crippen LogP contribution in [0.3, 0.4) is 0 Å². The Kier molecular flexibility index (Phi) is 8.65. The van der Waals surface area contributed by atoms with Crippen molar-refractivity contribution < 1.29 is 0 Å². The van der Waals surface area contributed by atoms with Crippen molar-refractivity contribution >= 4 is 53.3 Å². The van der Waals surface area contributed by atoms with Crippen LogP contribution in [0.4, 0.5) is 0 Å².